The summed E-state index contributed by atoms with van der Waals surface area (Å²) in [6, 6.07) is 3.81. The second-order valence-corrected chi connectivity index (χ2v) is 3.22. The molecule has 0 aliphatic carbocycles. The molecular weight excluding hydrogens is 196 g/mol. The number of aliphatic imine (C=N–C) groups is 1. The third kappa shape index (κ3) is 3.46. The van der Waals surface area contributed by atoms with Crippen LogP contribution in [0, 0.1) is 11.5 Å². The highest BCUT2D eigenvalue weighted by Crippen LogP contribution is 2.01. The van der Waals surface area contributed by atoms with E-state index in [1.807, 2.05) is 24.6 Å². The van der Waals surface area contributed by atoms with Gasteiger partial charge in [-0.05, 0) is 17.9 Å². The van der Waals surface area contributed by atoms with Crippen molar-refractivity contribution < 1.29 is 0 Å². The van der Waals surface area contributed by atoms with Crippen molar-refractivity contribution in [3.05, 3.63) is 30.1 Å². The van der Waals surface area contributed by atoms with E-state index in [1.165, 1.54) is 11.8 Å². The molecule has 1 N–H and O–H groups in total. The van der Waals surface area contributed by atoms with Gasteiger partial charge in [0.15, 0.2) is 11.4 Å². The summed E-state index contributed by atoms with van der Waals surface area (Å²) in [4.78, 5) is 8.18. The number of nitrogens with one attached hydrogen (secondary N) is 1. The Bertz CT molecular complexity index is 342. The minimum absolute atomic E-state index is 0.540. The van der Waals surface area contributed by atoms with Crippen molar-refractivity contribution in [3.8, 4) is 6.19 Å². The zero-order valence-electron chi connectivity index (χ0n) is 7.77. The van der Waals surface area contributed by atoms with Crippen LogP contribution in [0.3, 0.4) is 0 Å². The van der Waals surface area contributed by atoms with Crippen molar-refractivity contribution in [2.24, 2.45) is 4.99 Å². The number of thioether (sulfide) groups is 1. The zero-order chi connectivity index (χ0) is 10.2. The lowest BCUT2D eigenvalue weighted by Gasteiger charge is -1.99. The predicted octanol–water partition coefficient (Wildman–Crippen LogP) is 1.37. The molecule has 0 spiro atoms. The van der Waals surface area contributed by atoms with Gasteiger partial charge in [0.2, 0.25) is 0 Å². The van der Waals surface area contributed by atoms with E-state index in [0.717, 1.165) is 5.56 Å². The maximum atomic E-state index is 8.40. The van der Waals surface area contributed by atoms with E-state index < -0.39 is 0 Å². The van der Waals surface area contributed by atoms with Crippen molar-refractivity contribution in [2.75, 3.05) is 6.26 Å². The number of hydrogen-bond acceptors (Lipinski definition) is 4. The Kier molecular flexibility index (Phi) is 4.51. The van der Waals surface area contributed by atoms with Gasteiger partial charge in [0.25, 0.3) is 0 Å². The van der Waals surface area contributed by atoms with Gasteiger partial charge in [-0.25, -0.2) is 0 Å². The Hall–Kier alpha value is -1.54. The van der Waals surface area contributed by atoms with Gasteiger partial charge in [-0.1, -0.05) is 17.8 Å². The number of nitriles is 1. The van der Waals surface area contributed by atoms with Crippen LogP contribution in [0.15, 0.2) is 29.5 Å². The molecule has 4 nitrogen and oxygen atoms in total. The first-order valence-electron chi connectivity index (χ1n) is 3.99. The highest BCUT2D eigenvalue weighted by atomic mass is 32.2. The van der Waals surface area contributed by atoms with Crippen LogP contribution in [0.1, 0.15) is 5.56 Å². The van der Waals surface area contributed by atoms with Crippen LogP contribution in [0.25, 0.3) is 0 Å². The molecular formula is C9H10N4S. The summed E-state index contributed by atoms with van der Waals surface area (Å²) in [6.45, 7) is 0.540. The SMILES string of the molecule is CSC(=NCc1cccnc1)NC#N. The Labute approximate surface area is 87.1 Å². The molecule has 0 aliphatic rings. The average Bonchev–Trinajstić information content (AvgIpc) is 2.25. The summed E-state index contributed by atoms with van der Waals surface area (Å²) < 4.78 is 0. The molecule has 72 valence electrons. The van der Waals surface area contributed by atoms with Crippen LogP contribution in [0.5, 0.6) is 0 Å². The molecule has 5 heteroatoms. The van der Waals surface area contributed by atoms with E-state index >= 15 is 0 Å². The van der Waals surface area contributed by atoms with Crippen LogP contribution >= 0.6 is 11.8 Å². The lowest BCUT2D eigenvalue weighted by atomic mass is 10.3. The fraction of sp³-hybridized carbons (Fsp3) is 0.222. The minimum atomic E-state index is 0.540. The Balaban J connectivity index is 2.58. The lowest BCUT2D eigenvalue weighted by molar-refractivity contribution is 1.04. The van der Waals surface area contributed by atoms with Crippen molar-refractivity contribution in [1.82, 2.24) is 10.3 Å². The molecule has 14 heavy (non-hydrogen) atoms. The van der Waals surface area contributed by atoms with Gasteiger partial charge < -0.3 is 0 Å². The van der Waals surface area contributed by atoms with E-state index in [1.54, 1.807) is 12.4 Å². The lowest BCUT2D eigenvalue weighted by Crippen LogP contribution is -2.13. The topological polar surface area (TPSA) is 61.1 Å². The molecule has 0 unspecified atom stereocenters. The highest BCUT2D eigenvalue weighted by molar-refractivity contribution is 8.13. The van der Waals surface area contributed by atoms with E-state index in [0.29, 0.717) is 11.7 Å². The van der Waals surface area contributed by atoms with Gasteiger partial charge >= 0.3 is 0 Å². The molecule has 0 amide bonds. The number of rotatable bonds is 2. The van der Waals surface area contributed by atoms with E-state index in [2.05, 4.69) is 15.3 Å². The number of pyridine rings is 1. The van der Waals surface area contributed by atoms with Crippen LogP contribution in [0.4, 0.5) is 0 Å². The van der Waals surface area contributed by atoms with Gasteiger partial charge in [-0.15, -0.1) is 0 Å². The van der Waals surface area contributed by atoms with Crippen LogP contribution in [0.2, 0.25) is 0 Å². The summed E-state index contributed by atoms with van der Waals surface area (Å²) in [5, 5.41) is 11.5. The molecule has 0 saturated carbocycles. The fourth-order valence-corrected chi connectivity index (χ4v) is 1.20. The number of hydrogen-bond donors (Lipinski definition) is 1. The third-order valence-corrected chi connectivity index (χ3v) is 2.10. The number of nitrogens with zero attached hydrogens (tertiary/aromatic N) is 3. The third-order valence-electron chi connectivity index (χ3n) is 1.48. The van der Waals surface area contributed by atoms with Crippen molar-refractivity contribution in [3.63, 3.8) is 0 Å². The van der Waals surface area contributed by atoms with E-state index in [9.17, 15) is 0 Å². The van der Waals surface area contributed by atoms with Crippen molar-refractivity contribution in [2.45, 2.75) is 6.54 Å². The van der Waals surface area contributed by atoms with Gasteiger partial charge in [-0.2, -0.15) is 5.26 Å². The average molecular weight is 206 g/mol. The largest absolute Gasteiger partial charge is 0.272 e. The molecule has 0 saturated heterocycles. The zero-order valence-corrected chi connectivity index (χ0v) is 8.58. The Morgan fingerprint density at radius 2 is 2.64 bits per heavy atom. The second kappa shape index (κ2) is 6.00. The highest BCUT2D eigenvalue weighted by Gasteiger charge is 1.94. The number of amidine groups is 1. The van der Waals surface area contributed by atoms with Gasteiger partial charge in [0.05, 0.1) is 6.54 Å². The summed E-state index contributed by atoms with van der Waals surface area (Å²) in [7, 11) is 0. The quantitative estimate of drug-likeness (QED) is 0.343. The molecule has 0 bridgehead atoms. The molecule has 0 aromatic carbocycles. The molecule has 1 aromatic heterocycles. The smallest absolute Gasteiger partial charge is 0.183 e. The van der Waals surface area contributed by atoms with Gasteiger partial charge in [0.1, 0.15) is 0 Å². The first-order valence-corrected chi connectivity index (χ1v) is 5.21. The maximum absolute atomic E-state index is 8.40. The normalized spacial score (nSPS) is 10.7. The standard InChI is InChI=1S/C9H10N4S/c1-14-9(13-7-10)12-6-8-3-2-4-11-5-8/h2-5H,6H2,1H3,(H,12,13). The van der Waals surface area contributed by atoms with Crippen LogP contribution < -0.4 is 5.32 Å². The Morgan fingerprint density at radius 1 is 1.79 bits per heavy atom. The van der Waals surface area contributed by atoms with Crippen molar-refractivity contribution in [1.29, 1.82) is 5.26 Å². The fourth-order valence-electron chi connectivity index (χ4n) is 0.858. The van der Waals surface area contributed by atoms with Gasteiger partial charge in [-0.3, -0.25) is 15.3 Å². The van der Waals surface area contributed by atoms with Crippen molar-refractivity contribution >= 4 is 16.9 Å². The summed E-state index contributed by atoms with van der Waals surface area (Å²) in [5.74, 6) is 0. The maximum Gasteiger partial charge on any atom is 0.183 e. The van der Waals surface area contributed by atoms with Crippen LogP contribution in [-0.4, -0.2) is 16.4 Å². The van der Waals surface area contributed by atoms with Crippen LogP contribution in [-0.2, 0) is 6.54 Å². The molecule has 0 atom stereocenters. The van der Waals surface area contributed by atoms with Gasteiger partial charge in [0, 0.05) is 12.4 Å². The minimum Gasteiger partial charge on any atom is -0.272 e. The molecule has 1 heterocycles. The molecule has 1 rings (SSSR count). The summed E-state index contributed by atoms with van der Waals surface area (Å²) in [6.07, 6.45) is 7.18. The molecule has 0 radical (unpaired) electrons. The second-order valence-electron chi connectivity index (χ2n) is 2.42. The Morgan fingerprint density at radius 3 is 3.21 bits per heavy atom. The summed E-state index contributed by atoms with van der Waals surface area (Å²) in [5.41, 5.74) is 1.03. The molecule has 1 aromatic rings. The van der Waals surface area contributed by atoms with E-state index in [4.69, 9.17) is 5.26 Å². The first kappa shape index (κ1) is 10.5. The summed E-state index contributed by atoms with van der Waals surface area (Å²) >= 11 is 1.41. The first-order chi connectivity index (χ1) is 6.86. The van der Waals surface area contributed by atoms with E-state index in [-0.39, 0.29) is 0 Å². The monoisotopic (exact) mass is 206 g/mol. The molecule has 0 aliphatic heterocycles. The molecule has 0 fully saturated rings. The predicted molar refractivity (Wildman–Crippen MR) is 57.6 cm³/mol. The number of aromatic nitrogens is 1.